The van der Waals surface area contributed by atoms with Crippen LogP contribution >= 0.6 is 0 Å². The van der Waals surface area contributed by atoms with Crippen molar-refractivity contribution in [1.29, 1.82) is 0 Å². The number of rotatable bonds is 3. The number of para-hydroxylation sites is 1. The van der Waals surface area contributed by atoms with E-state index >= 15 is 0 Å². The molecule has 1 atom stereocenters. The molecule has 0 spiro atoms. The summed E-state index contributed by atoms with van der Waals surface area (Å²) in [5, 5.41) is 0.515. The molecule has 0 N–H and O–H groups in total. The van der Waals surface area contributed by atoms with Gasteiger partial charge in [-0.3, -0.25) is 0 Å². The highest BCUT2D eigenvalue weighted by atomic mass is 19.1. The summed E-state index contributed by atoms with van der Waals surface area (Å²) >= 11 is 0. The maximum absolute atomic E-state index is 14.7. The van der Waals surface area contributed by atoms with Crippen LogP contribution in [0.1, 0.15) is 31.4 Å². The molecule has 0 amide bonds. The van der Waals surface area contributed by atoms with Crippen LogP contribution in [0.2, 0.25) is 0 Å². The van der Waals surface area contributed by atoms with Gasteiger partial charge >= 0.3 is 0 Å². The van der Waals surface area contributed by atoms with Crippen molar-refractivity contribution in [3.05, 3.63) is 77.5 Å². The Hall–Kier alpha value is -2.82. The molecule has 0 aliphatic carbocycles. The molecule has 0 bridgehead atoms. The molecular formula is C22H20F2N2O. The molecule has 0 saturated carbocycles. The molecule has 0 fully saturated rings. The van der Waals surface area contributed by atoms with E-state index in [1.807, 2.05) is 32.0 Å². The predicted molar refractivity (Wildman–Crippen MR) is 102 cm³/mol. The minimum atomic E-state index is -0.775. The molecule has 0 saturated heterocycles. The van der Waals surface area contributed by atoms with Crippen molar-refractivity contribution in [2.24, 2.45) is 4.99 Å². The van der Waals surface area contributed by atoms with Crippen molar-refractivity contribution in [3.8, 4) is 0 Å². The van der Waals surface area contributed by atoms with Crippen LogP contribution in [0.4, 0.5) is 8.78 Å². The normalized spacial score (nSPS) is 18.8. The molecular weight excluding hydrogens is 346 g/mol. The van der Waals surface area contributed by atoms with Crippen LogP contribution in [-0.2, 0) is 11.2 Å². The van der Waals surface area contributed by atoms with E-state index in [2.05, 4.69) is 22.1 Å². The van der Waals surface area contributed by atoms with Gasteiger partial charge in [-0.2, -0.15) is 4.39 Å². The second kappa shape index (κ2) is 6.72. The van der Waals surface area contributed by atoms with Gasteiger partial charge in [-0.1, -0.05) is 42.5 Å². The van der Waals surface area contributed by atoms with Crippen molar-refractivity contribution in [2.75, 3.05) is 0 Å². The zero-order valence-corrected chi connectivity index (χ0v) is 15.2. The quantitative estimate of drug-likeness (QED) is 0.607. The number of pyridine rings is 1. The van der Waals surface area contributed by atoms with Gasteiger partial charge in [0.2, 0.25) is 11.8 Å². The molecule has 2 heterocycles. The first-order valence-electron chi connectivity index (χ1n) is 8.97. The van der Waals surface area contributed by atoms with Crippen LogP contribution < -0.4 is 0 Å². The first-order chi connectivity index (χ1) is 12.9. The summed E-state index contributed by atoms with van der Waals surface area (Å²) in [6.07, 6.45) is 1.47. The molecule has 3 aromatic rings. The van der Waals surface area contributed by atoms with Crippen molar-refractivity contribution in [2.45, 2.75) is 38.3 Å². The van der Waals surface area contributed by atoms with Gasteiger partial charge in [0.25, 0.3) is 0 Å². The van der Waals surface area contributed by atoms with E-state index in [0.717, 1.165) is 12.8 Å². The minimum absolute atomic E-state index is 0.00950. The lowest BCUT2D eigenvalue weighted by Crippen LogP contribution is -2.38. The van der Waals surface area contributed by atoms with Crippen LogP contribution in [0, 0.1) is 11.8 Å². The van der Waals surface area contributed by atoms with E-state index in [1.165, 1.54) is 11.6 Å². The molecule has 4 rings (SSSR count). The van der Waals surface area contributed by atoms with E-state index in [1.54, 1.807) is 18.2 Å². The van der Waals surface area contributed by atoms with E-state index in [4.69, 9.17) is 4.74 Å². The Morgan fingerprint density at radius 2 is 1.85 bits per heavy atom. The third-order valence-corrected chi connectivity index (χ3v) is 4.69. The van der Waals surface area contributed by atoms with Crippen molar-refractivity contribution in [1.82, 2.24) is 4.98 Å². The number of halogens is 2. The average molecular weight is 366 g/mol. The Morgan fingerprint density at radius 3 is 2.63 bits per heavy atom. The van der Waals surface area contributed by atoms with Crippen molar-refractivity contribution in [3.63, 3.8) is 0 Å². The summed E-state index contributed by atoms with van der Waals surface area (Å²) in [5.41, 5.74) is 0.858. The van der Waals surface area contributed by atoms with E-state index < -0.39 is 17.4 Å². The number of hydrogen-bond donors (Lipinski definition) is 0. The zero-order chi connectivity index (χ0) is 19.0. The third-order valence-electron chi connectivity index (χ3n) is 4.69. The molecule has 138 valence electrons. The number of hydrogen-bond acceptors (Lipinski definition) is 3. The van der Waals surface area contributed by atoms with E-state index in [-0.39, 0.29) is 23.0 Å². The number of nitrogens with zero attached hydrogens (tertiary/aromatic N) is 2. The van der Waals surface area contributed by atoms with Crippen LogP contribution in [0.25, 0.3) is 10.9 Å². The van der Waals surface area contributed by atoms with Gasteiger partial charge in [-0.05, 0) is 38.0 Å². The monoisotopic (exact) mass is 366 g/mol. The van der Waals surface area contributed by atoms with Crippen LogP contribution in [0.5, 0.6) is 0 Å². The zero-order valence-electron chi connectivity index (χ0n) is 15.2. The lowest BCUT2D eigenvalue weighted by atomic mass is 9.93. The fourth-order valence-corrected chi connectivity index (χ4v) is 3.53. The Balaban J connectivity index is 1.74. The second-order valence-electron chi connectivity index (χ2n) is 7.48. The molecule has 1 unspecified atom stereocenters. The van der Waals surface area contributed by atoms with Crippen molar-refractivity contribution < 1.29 is 13.5 Å². The van der Waals surface area contributed by atoms with Gasteiger partial charge in [0, 0.05) is 11.8 Å². The molecule has 1 aliphatic rings. The molecule has 1 aromatic heterocycles. The molecule has 3 nitrogen and oxygen atoms in total. The predicted octanol–water partition coefficient (Wildman–Crippen LogP) is 5.07. The standard InChI is InChI=1S/C22H20F2N2O/c1-22(2)13-16(11-14-7-4-3-5-8-14)25-21(27-22)17-12-15-9-6-10-18(23)19(15)26-20(17)24/h3-10,12,16H,11,13H2,1-2H3. The number of aliphatic imine (C=N–C) groups is 1. The Bertz CT molecular complexity index is 1020. The fraction of sp³-hybridized carbons (Fsp3) is 0.273. The first-order valence-corrected chi connectivity index (χ1v) is 8.97. The summed E-state index contributed by atoms with van der Waals surface area (Å²) in [6.45, 7) is 3.93. The summed E-state index contributed by atoms with van der Waals surface area (Å²) in [6, 6.07) is 16.1. The molecule has 5 heteroatoms. The van der Waals surface area contributed by atoms with Gasteiger partial charge in [-0.25, -0.2) is 14.4 Å². The Kier molecular flexibility index (Phi) is 4.38. The second-order valence-corrected chi connectivity index (χ2v) is 7.48. The van der Waals surface area contributed by atoms with Crippen LogP contribution in [0.3, 0.4) is 0 Å². The number of aromatic nitrogens is 1. The average Bonchev–Trinajstić information content (AvgIpc) is 2.61. The van der Waals surface area contributed by atoms with Gasteiger partial charge in [-0.15, -0.1) is 0 Å². The van der Waals surface area contributed by atoms with Gasteiger partial charge in [0.1, 0.15) is 16.9 Å². The Labute approximate surface area is 156 Å². The first kappa shape index (κ1) is 17.6. The molecule has 1 aliphatic heterocycles. The highest BCUT2D eigenvalue weighted by molar-refractivity contribution is 5.98. The summed E-state index contributed by atoms with van der Waals surface area (Å²) in [7, 11) is 0. The van der Waals surface area contributed by atoms with Gasteiger partial charge in [0.05, 0.1) is 11.6 Å². The topological polar surface area (TPSA) is 34.5 Å². The third kappa shape index (κ3) is 3.68. The molecule has 27 heavy (non-hydrogen) atoms. The number of ether oxygens (including phenoxy) is 1. The summed E-state index contributed by atoms with van der Waals surface area (Å²) in [4.78, 5) is 8.46. The van der Waals surface area contributed by atoms with Crippen molar-refractivity contribution >= 4 is 16.8 Å². The summed E-state index contributed by atoms with van der Waals surface area (Å²) < 4.78 is 34.5. The largest absolute Gasteiger partial charge is 0.471 e. The fourth-order valence-electron chi connectivity index (χ4n) is 3.53. The number of fused-ring (bicyclic) bond motifs is 1. The smallest absolute Gasteiger partial charge is 0.226 e. The van der Waals surface area contributed by atoms with Gasteiger partial charge in [0.15, 0.2) is 0 Å². The molecule has 0 radical (unpaired) electrons. The SMILES string of the molecule is CC1(C)CC(Cc2ccccc2)N=C(c2cc3cccc(F)c3nc2F)O1. The Morgan fingerprint density at radius 1 is 1.07 bits per heavy atom. The van der Waals surface area contributed by atoms with E-state index in [0.29, 0.717) is 5.39 Å². The van der Waals surface area contributed by atoms with Gasteiger partial charge < -0.3 is 4.74 Å². The summed E-state index contributed by atoms with van der Waals surface area (Å²) in [5.74, 6) is -1.10. The van der Waals surface area contributed by atoms with Crippen LogP contribution in [-0.4, -0.2) is 22.5 Å². The lowest BCUT2D eigenvalue weighted by Gasteiger charge is -2.35. The highest BCUT2D eigenvalue weighted by Gasteiger charge is 2.33. The molecule has 2 aromatic carbocycles. The van der Waals surface area contributed by atoms with Crippen LogP contribution in [0.15, 0.2) is 59.6 Å². The highest BCUT2D eigenvalue weighted by Crippen LogP contribution is 2.30. The van der Waals surface area contributed by atoms with E-state index in [9.17, 15) is 8.78 Å². The number of benzene rings is 2. The lowest BCUT2D eigenvalue weighted by molar-refractivity contribution is 0.0630. The maximum atomic E-state index is 14.7. The maximum Gasteiger partial charge on any atom is 0.226 e. The minimum Gasteiger partial charge on any atom is -0.471 e.